The number of halogens is 2. The first kappa shape index (κ1) is 26.9. The first-order valence-electron chi connectivity index (χ1n) is 10.7. The summed E-state index contributed by atoms with van der Waals surface area (Å²) in [5.41, 5.74) is 0.395. The fraction of sp³-hybridized carbons (Fsp3) is 0.200. The number of carbonyl (C=O) groups is 2. The number of hydrogen-bond acceptors (Lipinski definition) is 8. The molecule has 1 heterocycles. The van der Waals surface area contributed by atoms with E-state index < -0.39 is 36.5 Å². The van der Waals surface area contributed by atoms with E-state index in [0.717, 1.165) is 4.68 Å². The maximum absolute atomic E-state index is 15.4. The van der Waals surface area contributed by atoms with E-state index in [9.17, 15) is 14.4 Å². The van der Waals surface area contributed by atoms with Gasteiger partial charge in [-0.1, -0.05) is 17.7 Å². The standard InChI is InChI=1S/C25H18ClFN4O6/c1-14-6-18(30-31(25(14)35)13-36-22(34)5-4-21(32)33)10-17-2-3-20(26)24(23(17)27)37-19-8-15(11-28)7-16(9-19)12-29/h2-3,6-9H,4-5,10,13H2,1H3,(H,32,33). The van der Waals surface area contributed by atoms with Crippen molar-refractivity contribution in [2.45, 2.75) is 32.9 Å². The Balaban J connectivity index is 1.86. The number of carboxylic acid groups (broad SMARTS) is 1. The Morgan fingerprint density at radius 3 is 2.43 bits per heavy atom. The van der Waals surface area contributed by atoms with E-state index in [4.69, 9.17) is 36.7 Å². The van der Waals surface area contributed by atoms with Crippen LogP contribution in [0, 0.1) is 35.4 Å². The molecule has 1 aromatic heterocycles. The van der Waals surface area contributed by atoms with Gasteiger partial charge in [0.05, 0.1) is 46.8 Å². The topological polar surface area (TPSA) is 155 Å². The monoisotopic (exact) mass is 524 g/mol. The van der Waals surface area contributed by atoms with E-state index in [-0.39, 0.29) is 57.3 Å². The number of benzene rings is 2. The fourth-order valence-electron chi connectivity index (χ4n) is 3.24. The van der Waals surface area contributed by atoms with E-state index in [1.807, 2.05) is 12.1 Å². The minimum atomic E-state index is -1.17. The molecule has 3 aromatic rings. The molecule has 0 aliphatic heterocycles. The van der Waals surface area contributed by atoms with Crippen LogP contribution in [0.2, 0.25) is 5.02 Å². The second-order valence-corrected chi connectivity index (χ2v) is 8.17. The van der Waals surface area contributed by atoms with Gasteiger partial charge in [0, 0.05) is 12.0 Å². The molecule has 0 aliphatic carbocycles. The van der Waals surface area contributed by atoms with Gasteiger partial charge in [-0.2, -0.15) is 20.3 Å². The first-order valence-corrected chi connectivity index (χ1v) is 11.0. The Kier molecular flexibility index (Phi) is 8.56. The first-order chi connectivity index (χ1) is 17.6. The normalized spacial score (nSPS) is 10.3. The molecule has 0 bridgehead atoms. The van der Waals surface area contributed by atoms with Crippen LogP contribution in [0.15, 0.2) is 41.2 Å². The molecule has 0 spiro atoms. The number of carbonyl (C=O) groups excluding carboxylic acids is 1. The lowest BCUT2D eigenvalue weighted by Gasteiger charge is -2.13. The minimum Gasteiger partial charge on any atom is -0.481 e. The van der Waals surface area contributed by atoms with Gasteiger partial charge in [0.1, 0.15) is 5.75 Å². The van der Waals surface area contributed by atoms with Gasteiger partial charge in [-0.15, -0.1) is 0 Å². The van der Waals surface area contributed by atoms with Gasteiger partial charge in [0.25, 0.3) is 5.56 Å². The Morgan fingerprint density at radius 2 is 1.81 bits per heavy atom. The summed E-state index contributed by atoms with van der Waals surface area (Å²) >= 11 is 6.15. The number of hydrogen-bond donors (Lipinski definition) is 1. The van der Waals surface area contributed by atoms with Gasteiger partial charge in [0.2, 0.25) is 0 Å². The number of ether oxygens (including phenoxy) is 2. The molecular weight excluding hydrogens is 507 g/mol. The lowest BCUT2D eigenvalue weighted by Crippen LogP contribution is -2.28. The molecule has 0 aliphatic rings. The molecule has 2 aromatic carbocycles. The summed E-state index contributed by atoms with van der Waals surface area (Å²) in [4.78, 5) is 34.7. The maximum Gasteiger partial charge on any atom is 0.308 e. The SMILES string of the molecule is Cc1cc(Cc2ccc(Cl)c(Oc3cc(C#N)cc(C#N)c3)c2F)nn(COC(=O)CCC(=O)O)c1=O. The molecule has 0 radical (unpaired) electrons. The maximum atomic E-state index is 15.4. The molecular formula is C25H18ClFN4O6. The Labute approximate surface area is 214 Å². The number of nitriles is 2. The Bertz CT molecular complexity index is 1490. The zero-order chi connectivity index (χ0) is 27.1. The fourth-order valence-corrected chi connectivity index (χ4v) is 3.42. The minimum absolute atomic E-state index is 0.0424. The van der Waals surface area contributed by atoms with E-state index in [1.54, 1.807) is 0 Å². The molecule has 3 rings (SSSR count). The number of carboxylic acids is 1. The summed E-state index contributed by atoms with van der Waals surface area (Å²) in [6, 6.07) is 12.1. The van der Waals surface area contributed by atoms with E-state index in [2.05, 4.69) is 5.10 Å². The zero-order valence-electron chi connectivity index (χ0n) is 19.3. The largest absolute Gasteiger partial charge is 0.481 e. The lowest BCUT2D eigenvalue weighted by molar-refractivity contribution is -0.151. The summed E-state index contributed by atoms with van der Waals surface area (Å²) in [6.07, 6.45) is -0.872. The van der Waals surface area contributed by atoms with Gasteiger partial charge < -0.3 is 14.6 Å². The van der Waals surface area contributed by atoms with Gasteiger partial charge in [0.15, 0.2) is 18.3 Å². The molecule has 37 heavy (non-hydrogen) atoms. The van der Waals surface area contributed by atoms with Crippen LogP contribution in [-0.2, 0) is 27.5 Å². The highest BCUT2D eigenvalue weighted by Gasteiger charge is 2.18. The second kappa shape index (κ2) is 11.8. The molecule has 0 saturated heterocycles. The summed E-state index contributed by atoms with van der Waals surface area (Å²) in [6.45, 7) is 0.970. The number of nitrogens with zero attached hydrogens (tertiary/aromatic N) is 4. The molecule has 0 unspecified atom stereocenters. The van der Waals surface area contributed by atoms with Crippen LogP contribution in [0.3, 0.4) is 0 Å². The highest BCUT2D eigenvalue weighted by Crippen LogP contribution is 2.35. The van der Waals surface area contributed by atoms with Crippen molar-refractivity contribution < 1.29 is 28.6 Å². The predicted molar refractivity (Wildman–Crippen MR) is 126 cm³/mol. The van der Waals surface area contributed by atoms with Crippen LogP contribution in [0.5, 0.6) is 11.5 Å². The van der Waals surface area contributed by atoms with Crippen molar-refractivity contribution in [2.75, 3.05) is 0 Å². The summed E-state index contributed by atoms with van der Waals surface area (Å²) < 4.78 is 26.8. The number of rotatable bonds is 9. The quantitative estimate of drug-likeness (QED) is 0.411. The number of esters is 1. The van der Waals surface area contributed by atoms with E-state index in [0.29, 0.717) is 0 Å². The third-order valence-corrected chi connectivity index (χ3v) is 5.28. The molecule has 0 saturated carbocycles. The third kappa shape index (κ3) is 6.90. The molecule has 1 N–H and O–H groups in total. The van der Waals surface area contributed by atoms with Crippen molar-refractivity contribution in [3.63, 3.8) is 0 Å². The van der Waals surface area contributed by atoms with Crippen LogP contribution >= 0.6 is 11.6 Å². The second-order valence-electron chi connectivity index (χ2n) is 7.76. The van der Waals surface area contributed by atoms with Gasteiger partial charge in [-0.3, -0.25) is 14.4 Å². The third-order valence-electron chi connectivity index (χ3n) is 4.98. The van der Waals surface area contributed by atoms with Crippen LogP contribution in [0.1, 0.15) is 40.8 Å². The average molecular weight is 525 g/mol. The summed E-state index contributed by atoms with van der Waals surface area (Å²) in [7, 11) is 0. The van der Waals surface area contributed by atoms with E-state index >= 15 is 4.39 Å². The smallest absolute Gasteiger partial charge is 0.308 e. The number of aryl methyl sites for hydroxylation is 1. The van der Waals surface area contributed by atoms with Gasteiger partial charge in [-0.05, 0) is 42.8 Å². The van der Waals surface area contributed by atoms with Crippen molar-refractivity contribution in [2.24, 2.45) is 0 Å². The number of aromatic nitrogens is 2. The average Bonchev–Trinajstić information content (AvgIpc) is 2.87. The van der Waals surface area contributed by atoms with Crippen LogP contribution < -0.4 is 10.3 Å². The summed E-state index contributed by atoms with van der Waals surface area (Å²) in [5.74, 6) is -3.08. The zero-order valence-corrected chi connectivity index (χ0v) is 20.1. The molecule has 188 valence electrons. The Morgan fingerprint density at radius 1 is 1.14 bits per heavy atom. The van der Waals surface area contributed by atoms with E-state index in [1.165, 1.54) is 43.3 Å². The van der Waals surface area contributed by atoms with Crippen molar-refractivity contribution in [3.05, 3.63) is 85.5 Å². The van der Waals surface area contributed by atoms with Crippen molar-refractivity contribution in [1.82, 2.24) is 9.78 Å². The highest BCUT2D eigenvalue weighted by molar-refractivity contribution is 6.32. The molecule has 0 amide bonds. The van der Waals surface area contributed by atoms with Crippen molar-refractivity contribution in [3.8, 4) is 23.6 Å². The van der Waals surface area contributed by atoms with Crippen molar-refractivity contribution >= 4 is 23.5 Å². The van der Waals surface area contributed by atoms with Gasteiger partial charge >= 0.3 is 11.9 Å². The van der Waals surface area contributed by atoms with Gasteiger partial charge in [-0.25, -0.2) is 4.39 Å². The molecule has 0 atom stereocenters. The van der Waals surface area contributed by atoms with Crippen LogP contribution in [0.25, 0.3) is 0 Å². The number of aliphatic carboxylic acids is 1. The van der Waals surface area contributed by atoms with Crippen molar-refractivity contribution in [1.29, 1.82) is 10.5 Å². The molecule has 0 fully saturated rings. The lowest BCUT2D eigenvalue weighted by atomic mass is 10.1. The van der Waals surface area contributed by atoms with Crippen LogP contribution in [0.4, 0.5) is 4.39 Å². The molecule has 10 nitrogen and oxygen atoms in total. The molecule has 12 heteroatoms. The highest BCUT2D eigenvalue weighted by atomic mass is 35.5. The predicted octanol–water partition coefficient (Wildman–Crippen LogP) is 3.84. The van der Waals surface area contributed by atoms with Crippen LogP contribution in [-0.4, -0.2) is 26.8 Å². The summed E-state index contributed by atoms with van der Waals surface area (Å²) in [5, 5.41) is 31.0. The Hall–Kier alpha value is -4.74.